The molecule has 0 aliphatic carbocycles. The Kier molecular flexibility index (Phi) is 11.1. The molecule has 3 N–H and O–H groups in total. The summed E-state index contributed by atoms with van der Waals surface area (Å²) < 4.78 is 5.37. The van der Waals surface area contributed by atoms with Crippen molar-refractivity contribution in [3.05, 3.63) is 65.2 Å². The van der Waals surface area contributed by atoms with Crippen molar-refractivity contribution in [2.24, 2.45) is 0 Å². The van der Waals surface area contributed by atoms with Crippen molar-refractivity contribution < 1.29 is 38.6 Å². The summed E-state index contributed by atoms with van der Waals surface area (Å²) in [6, 6.07) is 13.3. The van der Waals surface area contributed by atoms with Crippen LogP contribution in [0.5, 0.6) is 0 Å². The number of ether oxygens (including phenoxy) is 1. The average Bonchev–Trinajstić information content (AvgIpc) is 3.31. The number of benzene rings is 2. The van der Waals surface area contributed by atoms with E-state index in [1.165, 1.54) is 31.4 Å². The Bertz CT molecular complexity index is 1390. The van der Waals surface area contributed by atoms with Crippen LogP contribution in [0.15, 0.2) is 48.5 Å². The van der Waals surface area contributed by atoms with E-state index in [0.29, 0.717) is 22.6 Å². The number of fused-ring (bicyclic) bond motifs is 1. The number of aliphatic carboxylic acids is 1. The van der Waals surface area contributed by atoms with Gasteiger partial charge in [-0.1, -0.05) is 58.0 Å². The number of carboxylic acids is 1. The lowest BCUT2D eigenvalue weighted by molar-refractivity contribution is -0.144. The second-order valence-corrected chi connectivity index (χ2v) is 13.0. The van der Waals surface area contributed by atoms with Crippen molar-refractivity contribution in [2.45, 2.75) is 50.6 Å². The van der Waals surface area contributed by atoms with E-state index in [1.807, 2.05) is 37.3 Å². The lowest BCUT2D eigenvalue weighted by atomic mass is 10.0. The van der Waals surface area contributed by atoms with Gasteiger partial charge in [0.25, 0.3) is 5.91 Å². The van der Waals surface area contributed by atoms with Crippen molar-refractivity contribution in [3.8, 4) is 0 Å². The summed E-state index contributed by atoms with van der Waals surface area (Å²) in [5.41, 5.74) is 2.20. The number of rotatable bonds is 13. The lowest BCUT2D eigenvalue weighted by Crippen LogP contribution is -2.52. The van der Waals surface area contributed by atoms with Crippen molar-refractivity contribution in [1.82, 2.24) is 15.1 Å². The Hall–Kier alpha value is -4.04. The van der Waals surface area contributed by atoms with Gasteiger partial charge in [-0.05, 0) is 31.0 Å². The first-order chi connectivity index (χ1) is 20.6. The fraction of sp³-hybridized carbons (Fsp3) is 0.379. The maximum atomic E-state index is 13.0. The van der Waals surface area contributed by atoms with E-state index in [1.54, 1.807) is 18.2 Å². The molecule has 43 heavy (non-hydrogen) atoms. The molecule has 4 rings (SSSR count). The third kappa shape index (κ3) is 8.74. The predicted octanol–water partition coefficient (Wildman–Crippen LogP) is 3.27. The predicted molar refractivity (Wildman–Crippen MR) is 161 cm³/mol. The molecule has 1 saturated heterocycles. The minimum absolute atomic E-state index is 0.0902. The minimum Gasteiger partial charge on any atom is -0.480 e. The first kappa shape index (κ1) is 31.9. The molecule has 5 amide bonds. The molecule has 2 atom stereocenters. The molecule has 228 valence electrons. The molecule has 1 fully saturated rings. The zero-order chi connectivity index (χ0) is 30.9. The molecular formula is C29H32N4O8S2. The maximum absolute atomic E-state index is 13.0. The van der Waals surface area contributed by atoms with Crippen LogP contribution in [0.2, 0.25) is 0 Å². The Morgan fingerprint density at radius 2 is 1.91 bits per heavy atom. The molecule has 0 aromatic heterocycles. The molecule has 12 nitrogen and oxygen atoms in total. The number of hydrogen-bond donors (Lipinski definition) is 3. The molecule has 0 saturated carbocycles. The Morgan fingerprint density at radius 3 is 2.63 bits per heavy atom. The second-order valence-electron chi connectivity index (χ2n) is 10.1. The molecule has 1 unspecified atom stereocenters. The summed E-state index contributed by atoms with van der Waals surface area (Å²) >= 11 is 0. The number of nitrogens with one attached hydrogen (secondary N) is 2. The normalized spacial score (nSPS) is 16.7. The van der Waals surface area contributed by atoms with Crippen LogP contribution in [0.4, 0.5) is 10.5 Å². The fourth-order valence-electron chi connectivity index (χ4n) is 4.72. The molecule has 0 radical (unpaired) electrons. The molecule has 2 aromatic carbocycles. The first-order valence-corrected chi connectivity index (χ1v) is 16.0. The highest BCUT2D eigenvalue weighted by Gasteiger charge is 2.40. The van der Waals surface area contributed by atoms with Gasteiger partial charge in [-0.3, -0.25) is 34.6 Å². The average molecular weight is 629 g/mol. The van der Waals surface area contributed by atoms with Gasteiger partial charge in [-0.25, -0.2) is 4.79 Å². The number of piperidine rings is 1. The van der Waals surface area contributed by atoms with Crippen molar-refractivity contribution in [1.29, 1.82) is 0 Å². The largest absolute Gasteiger partial charge is 0.480 e. The van der Waals surface area contributed by atoms with Crippen LogP contribution >= 0.6 is 21.6 Å². The molecule has 2 aliphatic heterocycles. The lowest BCUT2D eigenvalue weighted by Gasteiger charge is -2.29. The van der Waals surface area contributed by atoms with Crippen molar-refractivity contribution in [3.63, 3.8) is 0 Å². The van der Waals surface area contributed by atoms with Crippen LogP contribution in [0.25, 0.3) is 0 Å². The van der Waals surface area contributed by atoms with E-state index in [-0.39, 0.29) is 68.5 Å². The van der Waals surface area contributed by atoms with E-state index in [0.717, 1.165) is 5.56 Å². The quantitative estimate of drug-likeness (QED) is 0.171. The van der Waals surface area contributed by atoms with Crippen LogP contribution in [-0.4, -0.2) is 80.8 Å². The maximum Gasteiger partial charge on any atom is 0.411 e. The van der Waals surface area contributed by atoms with Gasteiger partial charge in [0.15, 0.2) is 0 Å². The third-order valence-corrected chi connectivity index (χ3v) is 9.66. The third-order valence-electron chi connectivity index (χ3n) is 6.79. The molecule has 2 aromatic rings. The number of hydrogen-bond acceptors (Lipinski definition) is 9. The number of carbonyl (C=O) groups excluding carboxylic acids is 5. The van der Waals surface area contributed by atoms with Crippen LogP contribution in [-0.2, 0) is 37.0 Å². The molecular weight excluding hydrogens is 596 g/mol. The number of nitrogens with zero attached hydrogens (tertiary/aromatic N) is 2. The van der Waals surface area contributed by atoms with Crippen molar-refractivity contribution in [2.75, 3.05) is 24.2 Å². The van der Waals surface area contributed by atoms with Gasteiger partial charge in [-0.2, -0.15) is 0 Å². The Morgan fingerprint density at radius 1 is 1.14 bits per heavy atom. The monoisotopic (exact) mass is 628 g/mol. The van der Waals surface area contributed by atoms with E-state index in [9.17, 15) is 33.9 Å². The summed E-state index contributed by atoms with van der Waals surface area (Å²) in [6.45, 7) is 1.92. The zero-order valence-corrected chi connectivity index (χ0v) is 25.1. The van der Waals surface area contributed by atoms with E-state index < -0.39 is 24.0 Å². The first-order valence-electron chi connectivity index (χ1n) is 13.6. The molecule has 0 spiro atoms. The van der Waals surface area contributed by atoms with E-state index in [2.05, 4.69) is 10.6 Å². The molecule has 2 heterocycles. The van der Waals surface area contributed by atoms with Crippen molar-refractivity contribution >= 4 is 63.0 Å². The molecule has 0 bridgehead atoms. The Labute approximate surface area is 256 Å². The summed E-state index contributed by atoms with van der Waals surface area (Å²) in [6.07, 6.45) is -0.140. The SMILES string of the molecule is C[C@@H](COC(=O)Nc1cccc2c1CN(C1CCC(=O)NC1=O)C2=O)SSCCC(=O)N(CC(=O)O)Cc1ccccc1. The van der Waals surface area contributed by atoms with Crippen LogP contribution in [0.1, 0.15) is 47.7 Å². The topological polar surface area (TPSA) is 162 Å². The van der Waals surface area contributed by atoms with Gasteiger partial charge in [0.2, 0.25) is 17.7 Å². The van der Waals surface area contributed by atoms with Gasteiger partial charge in [0.1, 0.15) is 19.2 Å². The van der Waals surface area contributed by atoms with Gasteiger partial charge < -0.3 is 19.6 Å². The fourth-order valence-corrected chi connectivity index (χ4v) is 6.83. The number of amides is 5. The van der Waals surface area contributed by atoms with E-state index >= 15 is 0 Å². The number of carbonyl (C=O) groups is 6. The zero-order valence-electron chi connectivity index (χ0n) is 23.4. The second kappa shape index (κ2) is 14.9. The molecule has 2 aliphatic rings. The standard InChI is InChI=1S/C29H32N4O8S2/c1-18(43-42-13-12-25(35)32(16-26(36)37)14-19-6-3-2-4-7-19)17-41-29(40)30-22-9-5-8-20-21(22)15-33(28(20)39)23-10-11-24(34)31-27(23)38/h2-9,18,23H,10-17H2,1H3,(H,30,40)(H,36,37)(H,31,34,38)/t18-,23?/m0/s1. The summed E-state index contributed by atoms with van der Waals surface area (Å²) in [5.74, 6) is -2.09. The van der Waals surface area contributed by atoms with Gasteiger partial charge in [0.05, 0.1) is 0 Å². The van der Waals surface area contributed by atoms with Crippen LogP contribution in [0, 0.1) is 0 Å². The number of anilines is 1. The van der Waals surface area contributed by atoms with Gasteiger partial charge >= 0.3 is 12.1 Å². The molecule has 14 heteroatoms. The van der Waals surface area contributed by atoms with E-state index in [4.69, 9.17) is 4.74 Å². The van der Waals surface area contributed by atoms with Crippen LogP contribution in [0.3, 0.4) is 0 Å². The number of carboxylic acid groups (broad SMARTS) is 1. The smallest absolute Gasteiger partial charge is 0.411 e. The number of imide groups is 1. The van der Waals surface area contributed by atoms with Crippen LogP contribution < -0.4 is 10.6 Å². The highest BCUT2D eigenvalue weighted by molar-refractivity contribution is 8.76. The summed E-state index contributed by atoms with van der Waals surface area (Å²) in [5, 5.41) is 14.0. The highest BCUT2D eigenvalue weighted by atomic mass is 33.1. The van der Waals surface area contributed by atoms with Gasteiger partial charge in [-0.15, -0.1) is 0 Å². The van der Waals surface area contributed by atoms with Gasteiger partial charge in [0, 0.05) is 53.7 Å². The summed E-state index contributed by atoms with van der Waals surface area (Å²) in [7, 11) is 2.88. The minimum atomic E-state index is -1.07. The highest BCUT2D eigenvalue weighted by Crippen LogP contribution is 2.32. The Balaban J connectivity index is 1.20. The summed E-state index contributed by atoms with van der Waals surface area (Å²) in [4.78, 5) is 76.0.